The summed E-state index contributed by atoms with van der Waals surface area (Å²) in [4.78, 5) is 38.6. The number of aryl methyl sites for hydroxylation is 2. The van der Waals surface area contributed by atoms with Gasteiger partial charge in [0.15, 0.2) is 0 Å². The van der Waals surface area contributed by atoms with Crippen LogP contribution in [0.3, 0.4) is 0 Å². The number of furan rings is 1. The van der Waals surface area contributed by atoms with Gasteiger partial charge in [-0.2, -0.15) is 4.72 Å². The second-order valence-corrected chi connectivity index (χ2v) is 10.4. The Morgan fingerprint density at radius 2 is 1.94 bits per heavy atom. The minimum atomic E-state index is -4.27. The van der Waals surface area contributed by atoms with E-state index in [9.17, 15) is 27.9 Å². The summed E-state index contributed by atoms with van der Waals surface area (Å²) in [6.45, 7) is 2.44. The minimum Gasteiger partial charge on any atom is -0.480 e. The molecule has 0 spiro atoms. The van der Waals surface area contributed by atoms with Gasteiger partial charge >= 0.3 is 12.0 Å². The number of carboxylic acids is 1. The molecule has 1 aliphatic heterocycles. The summed E-state index contributed by atoms with van der Waals surface area (Å²) < 4.78 is 33.8. The number of amides is 3. The molecule has 172 valence electrons. The number of nitrogens with zero attached hydrogens (tertiary/aromatic N) is 2. The normalized spacial score (nSPS) is 19.5. The van der Waals surface area contributed by atoms with Crippen molar-refractivity contribution in [3.05, 3.63) is 29.5 Å². The molecule has 0 saturated carbocycles. The number of imide groups is 1. The maximum absolute atomic E-state index is 12.9. The van der Waals surface area contributed by atoms with Gasteiger partial charge in [-0.1, -0.05) is 0 Å². The lowest BCUT2D eigenvalue weighted by atomic mass is 9.96. The molecule has 10 nitrogen and oxygen atoms in total. The average molecular weight is 464 g/mol. The number of urea groups is 1. The van der Waals surface area contributed by atoms with Crippen LogP contribution < -0.4 is 4.72 Å². The number of carbonyl (C=O) groups excluding carboxylic acids is 2. The van der Waals surface area contributed by atoms with Gasteiger partial charge in [0.2, 0.25) is 10.0 Å². The number of sulfonamides is 1. The molecule has 0 bridgehead atoms. The van der Waals surface area contributed by atoms with Crippen LogP contribution in [0.4, 0.5) is 4.79 Å². The third-order valence-corrected chi connectivity index (χ3v) is 7.79. The summed E-state index contributed by atoms with van der Waals surface area (Å²) >= 11 is 0. The van der Waals surface area contributed by atoms with Crippen molar-refractivity contribution in [3.8, 4) is 0 Å². The predicted octanol–water partition coefficient (Wildman–Crippen LogP) is 1.72. The highest BCUT2D eigenvalue weighted by atomic mass is 32.2. The van der Waals surface area contributed by atoms with Gasteiger partial charge in [0.25, 0.3) is 5.91 Å². The molecule has 2 heterocycles. The van der Waals surface area contributed by atoms with Crippen LogP contribution in [0.5, 0.6) is 0 Å². The lowest BCUT2D eigenvalue weighted by Gasteiger charge is -2.22. The summed E-state index contributed by atoms with van der Waals surface area (Å²) in [6, 6.07) is 2.04. The topological polar surface area (TPSA) is 137 Å². The molecule has 1 saturated heterocycles. The van der Waals surface area contributed by atoms with E-state index >= 15 is 0 Å². The average Bonchev–Trinajstić information content (AvgIpc) is 3.18. The molecule has 0 unspecified atom stereocenters. The maximum Gasteiger partial charge on any atom is 0.327 e. The first-order valence-corrected chi connectivity index (χ1v) is 11.8. The number of nitrogens with one attached hydrogen (secondary N) is 1. The van der Waals surface area contributed by atoms with Gasteiger partial charge in [0, 0.05) is 30.5 Å². The smallest absolute Gasteiger partial charge is 0.327 e. The summed E-state index contributed by atoms with van der Waals surface area (Å²) in [5.41, 5.74) is 0.368. The van der Waals surface area contributed by atoms with Crippen molar-refractivity contribution in [2.45, 2.75) is 56.0 Å². The van der Waals surface area contributed by atoms with Gasteiger partial charge < -0.3 is 14.4 Å². The molecule has 1 aromatic heterocycles. The van der Waals surface area contributed by atoms with Crippen LogP contribution in [0.2, 0.25) is 0 Å². The van der Waals surface area contributed by atoms with Crippen LogP contribution in [-0.2, 0) is 32.5 Å². The molecule has 3 amide bonds. The Balaban J connectivity index is 1.60. The van der Waals surface area contributed by atoms with Crippen molar-refractivity contribution in [1.29, 1.82) is 0 Å². The standard InChI is InChI=1S/C21H25N3O7S/c1-21(2)19(27)24(20(28)23(21)3)11-15(18(25)26)22-32(29,30)12-8-9-14-13-6-4-5-7-16(13)31-17(14)10-12/h8-10,15,22H,4-7,11H2,1-3H3,(H,25,26)/t15-/m1/s1. The maximum atomic E-state index is 12.9. The summed E-state index contributed by atoms with van der Waals surface area (Å²) in [6.07, 6.45) is 3.73. The van der Waals surface area contributed by atoms with Crippen molar-refractivity contribution in [2.75, 3.05) is 13.6 Å². The van der Waals surface area contributed by atoms with Gasteiger partial charge in [-0.15, -0.1) is 0 Å². The lowest BCUT2D eigenvalue weighted by molar-refractivity contribution is -0.140. The fraction of sp³-hybridized carbons (Fsp3) is 0.476. The van der Waals surface area contributed by atoms with E-state index in [0.29, 0.717) is 5.58 Å². The van der Waals surface area contributed by atoms with E-state index < -0.39 is 46.1 Å². The molecule has 2 aliphatic rings. The van der Waals surface area contributed by atoms with E-state index in [2.05, 4.69) is 4.72 Å². The van der Waals surface area contributed by atoms with E-state index in [1.807, 2.05) is 0 Å². The molecule has 1 aromatic carbocycles. The van der Waals surface area contributed by atoms with Gasteiger partial charge in [-0.05, 0) is 45.2 Å². The number of hydrogen-bond acceptors (Lipinski definition) is 6. The number of carboxylic acid groups (broad SMARTS) is 1. The van der Waals surface area contributed by atoms with Gasteiger partial charge in [-0.3, -0.25) is 14.5 Å². The number of benzene rings is 1. The highest BCUT2D eigenvalue weighted by molar-refractivity contribution is 7.89. The van der Waals surface area contributed by atoms with Gasteiger partial charge in [0.1, 0.15) is 22.9 Å². The summed E-state index contributed by atoms with van der Waals surface area (Å²) in [5.74, 6) is -1.25. The third-order valence-electron chi connectivity index (χ3n) is 6.32. The first kappa shape index (κ1) is 22.3. The quantitative estimate of drug-likeness (QED) is 0.622. The zero-order chi connectivity index (χ0) is 23.4. The molecule has 32 heavy (non-hydrogen) atoms. The van der Waals surface area contributed by atoms with Crippen molar-refractivity contribution in [1.82, 2.24) is 14.5 Å². The highest BCUT2D eigenvalue weighted by Crippen LogP contribution is 2.33. The van der Waals surface area contributed by atoms with Gasteiger partial charge in [-0.25, -0.2) is 13.2 Å². The number of likely N-dealkylation sites (N-methyl/N-ethyl adjacent to an activating group) is 1. The first-order valence-electron chi connectivity index (χ1n) is 10.3. The van der Waals surface area contributed by atoms with Crippen LogP contribution >= 0.6 is 0 Å². The second kappa shape index (κ2) is 7.59. The van der Waals surface area contributed by atoms with Crippen molar-refractivity contribution >= 4 is 38.9 Å². The molecule has 11 heteroatoms. The molecule has 2 N–H and O–H groups in total. The van der Waals surface area contributed by atoms with Crippen LogP contribution in [0, 0.1) is 0 Å². The van der Waals surface area contributed by atoms with E-state index in [-0.39, 0.29) is 4.90 Å². The van der Waals surface area contributed by atoms with Crippen molar-refractivity contribution in [3.63, 3.8) is 0 Å². The number of hydrogen-bond donors (Lipinski definition) is 2. The van der Waals surface area contributed by atoms with Gasteiger partial charge in [0.05, 0.1) is 11.4 Å². The Morgan fingerprint density at radius 1 is 1.25 bits per heavy atom. The third kappa shape index (κ3) is 3.55. The zero-order valence-corrected chi connectivity index (χ0v) is 18.9. The second-order valence-electron chi connectivity index (χ2n) is 8.70. The van der Waals surface area contributed by atoms with E-state index in [0.717, 1.165) is 47.3 Å². The first-order chi connectivity index (χ1) is 14.9. The van der Waals surface area contributed by atoms with Crippen LogP contribution in [0.25, 0.3) is 11.0 Å². The number of carbonyl (C=O) groups is 3. The molecular weight excluding hydrogens is 438 g/mol. The van der Waals surface area contributed by atoms with Crippen molar-refractivity contribution < 1.29 is 32.3 Å². The van der Waals surface area contributed by atoms with Crippen molar-refractivity contribution in [2.24, 2.45) is 0 Å². The van der Waals surface area contributed by atoms with Crippen LogP contribution in [0.1, 0.15) is 38.0 Å². The van der Waals surface area contributed by atoms with Crippen LogP contribution in [-0.4, -0.2) is 66.4 Å². The fourth-order valence-electron chi connectivity index (χ4n) is 4.16. The molecule has 1 atom stereocenters. The summed E-state index contributed by atoms with van der Waals surface area (Å²) in [7, 11) is -2.84. The number of fused-ring (bicyclic) bond motifs is 3. The van der Waals surface area contributed by atoms with E-state index in [1.165, 1.54) is 37.9 Å². The zero-order valence-electron chi connectivity index (χ0n) is 18.0. The monoisotopic (exact) mass is 463 g/mol. The summed E-state index contributed by atoms with van der Waals surface area (Å²) in [5, 5.41) is 10.4. The molecule has 4 rings (SSSR count). The van der Waals surface area contributed by atoms with E-state index in [1.54, 1.807) is 6.07 Å². The predicted molar refractivity (Wildman–Crippen MR) is 114 cm³/mol. The number of rotatable bonds is 6. The SMILES string of the molecule is CN1C(=O)N(C[C@@H](NS(=O)(=O)c2ccc3c4c(oc3c2)CCCC4)C(=O)O)C(=O)C1(C)C. The largest absolute Gasteiger partial charge is 0.480 e. The molecule has 1 aliphatic carbocycles. The van der Waals surface area contributed by atoms with E-state index in [4.69, 9.17) is 4.42 Å². The molecular formula is C21H25N3O7S. The Morgan fingerprint density at radius 3 is 2.56 bits per heavy atom. The Labute approximate surface area is 185 Å². The fourth-order valence-corrected chi connectivity index (χ4v) is 5.35. The highest BCUT2D eigenvalue weighted by Gasteiger charge is 2.50. The molecule has 0 radical (unpaired) electrons. The molecule has 2 aromatic rings. The lowest BCUT2D eigenvalue weighted by Crippen LogP contribution is -2.50. The Bertz CT molecular complexity index is 1230. The molecule has 1 fully saturated rings. The number of aliphatic carboxylic acids is 1. The Hall–Kier alpha value is -2.92. The minimum absolute atomic E-state index is 0.154. The Kier molecular flexibility index (Phi) is 5.29. The van der Waals surface area contributed by atoms with Crippen LogP contribution in [0.15, 0.2) is 27.5 Å².